The predicted octanol–water partition coefficient (Wildman–Crippen LogP) is 2.73. The molecule has 2 aliphatic rings. The molecule has 1 saturated carbocycles. The summed E-state index contributed by atoms with van der Waals surface area (Å²) in [4.78, 5) is 14.3. The first kappa shape index (κ1) is 16.0. The van der Waals surface area contributed by atoms with Crippen LogP contribution in [-0.4, -0.2) is 44.2 Å². The number of amides is 1. The lowest BCUT2D eigenvalue weighted by Crippen LogP contribution is -2.42. The SMILES string of the molecule is COc1cccc(OC)c1OC1CCN(C(=O)[C@H]2C[C@@H]2C)CC1. The van der Waals surface area contributed by atoms with Crippen molar-refractivity contribution in [1.82, 2.24) is 4.90 Å². The standard InChI is InChI=1S/C18H25NO4/c1-12-11-14(12)18(20)19-9-7-13(8-10-19)23-17-15(21-2)5-4-6-16(17)22-3/h4-6,12-14H,7-11H2,1-3H3/t12-,14-/m0/s1. The minimum Gasteiger partial charge on any atom is -0.493 e. The van der Waals surface area contributed by atoms with E-state index in [0.29, 0.717) is 29.1 Å². The minimum atomic E-state index is 0.0841. The van der Waals surface area contributed by atoms with Crippen molar-refractivity contribution in [2.24, 2.45) is 11.8 Å². The number of ether oxygens (including phenoxy) is 3. The molecule has 3 rings (SSSR count). The molecule has 0 radical (unpaired) electrons. The first-order chi connectivity index (χ1) is 11.1. The zero-order valence-corrected chi connectivity index (χ0v) is 14.1. The fraction of sp³-hybridized carbons (Fsp3) is 0.611. The molecule has 0 N–H and O–H groups in total. The molecule has 0 aromatic heterocycles. The van der Waals surface area contributed by atoms with Crippen LogP contribution in [-0.2, 0) is 4.79 Å². The first-order valence-electron chi connectivity index (χ1n) is 8.30. The van der Waals surface area contributed by atoms with E-state index in [1.54, 1.807) is 14.2 Å². The van der Waals surface area contributed by atoms with Crippen LogP contribution in [0.4, 0.5) is 0 Å². The van der Waals surface area contributed by atoms with Crippen molar-refractivity contribution in [3.63, 3.8) is 0 Å². The van der Waals surface area contributed by atoms with Gasteiger partial charge in [-0.25, -0.2) is 0 Å². The quantitative estimate of drug-likeness (QED) is 0.837. The number of nitrogens with zero attached hydrogens (tertiary/aromatic N) is 1. The first-order valence-corrected chi connectivity index (χ1v) is 8.30. The van der Waals surface area contributed by atoms with E-state index in [9.17, 15) is 4.79 Å². The van der Waals surface area contributed by atoms with E-state index < -0.39 is 0 Å². The van der Waals surface area contributed by atoms with Crippen molar-refractivity contribution in [1.29, 1.82) is 0 Å². The van der Waals surface area contributed by atoms with E-state index >= 15 is 0 Å². The molecule has 0 unspecified atom stereocenters. The van der Waals surface area contributed by atoms with Gasteiger partial charge in [0.25, 0.3) is 0 Å². The highest BCUT2D eigenvalue weighted by molar-refractivity contribution is 5.81. The maximum atomic E-state index is 12.3. The van der Waals surface area contributed by atoms with Crippen LogP contribution in [0.3, 0.4) is 0 Å². The van der Waals surface area contributed by atoms with Gasteiger partial charge in [0.2, 0.25) is 11.7 Å². The van der Waals surface area contributed by atoms with Crippen molar-refractivity contribution in [3.8, 4) is 17.2 Å². The molecule has 1 aliphatic carbocycles. The second kappa shape index (κ2) is 6.69. The molecule has 1 saturated heterocycles. The summed E-state index contributed by atoms with van der Waals surface area (Å²) in [5.74, 6) is 3.16. The van der Waals surface area contributed by atoms with Crippen molar-refractivity contribution >= 4 is 5.91 Å². The minimum absolute atomic E-state index is 0.0841. The Bertz CT molecular complexity index is 544. The molecule has 5 nitrogen and oxygen atoms in total. The molecule has 0 spiro atoms. The van der Waals surface area contributed by atoms with Gasteiger partial charge < -0.3 is 19.1 Å². The Labute approximate surface area is 137 Å². The predicted molar refractivity (Wildman–Crippen MR) is 87.0 cm³/mol. The summed E-state index contributed by atoms with van der Waals surface area (Å²) in [6, 6.07) is 5.61. The van der Waals surface area contributed by atoms with Gasteiger partial charge in [-0.05, 0) is 24.5 Å². The average molecular weight is 319 g/mol. The fourth-order valence-corrected chi connectivity index (χ4v) is 3.19. The molecule has 126 valence electrons. The topological polar surface area (TPSA) is 48.0 Å². The van der Waals surface area contributed by atoms with Crippen LogP contribution in [0.2, 0.25) is 0 Å². The van der Waals surface area contributed by atoms with Crippen molar-refractivity contribution in [2.45, 2.75) is 32.3 Å². The molecule has 1 aromatic rings. The lowest BCUT2D eigenvalue weighted by molar-refractivity contribution is -0.134. The molecule has 1 amide bonds. The summed E-state index contributed by atoms with van der Waals surface area (Å²) in [7, 11) is 3.25. The Balaban J connectivity index is 1.60. The largest absolute Gasteiger partial charge is 0.493 e. The van der Waals surface area contributed by atoms with Gasteiger partial charge in [0.1, 0.15) is 6.10 Å². The highest BCUT2D eigenvalue weighted by Crippen LogP contribution is 2.41. The number of piperidine rings is 1. The number of benzene rings is 1. The fourth-order valence-electron chi connectivity index (χ4n) is 3.19. The van der Waals surface area contributed by atoms with Gasteiger partial charge in [0.05, 0.1) is 14.2 Å². The van der Waals surface area contributed by atoms with Gasteiger partial charge in [-0.3, -0.25) is 4.79 Å². The van der Waals surface area contributed by atoms with Gasteiger partial charge in [0.15, 0.2) is 11.5 Å². The summed E-state index contributed by atoms with van der Waals surface area (Å²) in [6.07, 6.45) is 2.82. The van der Waals surface area contributed by atoms with Crippen molar-refractivity contribution in [2.75, 3.05) is 27.3 Å². The zero-order valence-electron chi connectivity index (χ0n) is 14.1. The number of hydrogen-bond donors (Lipinski definition) is 0. The molecule has 5 heteroatoms. The van der Waals surface area contributed by atoms with Crippen LogP contribution in [0, 0.1) is 11.8 Å². The lowest BCUT2D eigenvalue weighted by atomic mass is 10.1. The van der Waals surface area contributed by atoms with E-state index in [4.69, 9.17) is 14.2 Å². The lowest BCUT2D eigenvalue weighted by Gasteiger charge is -2.33. The summed E-state index contributed by atoms with van der Waals surface area (Å²) >= 11 is 0. The molecule has 0 bridgehead atoms. The maximum absolute atomic E-state index is 12.3. The van der Waals surface area contributed by atoms with E-state index in [0.717, 1.165) is 32.4 Å². The van der Waals surface area contributed by atoms with Crippen LogP contribution in [0.1, 0.15) is 26.2 Å². The van der Waals surface area contributed by atoms with Crippen LogP contribution in [0.15, 0.2) is 18.2 Å². The van der Waals surface area contributed by atoms with Crippen LogP contribution in [0.25, 0.3) is 0 Å². The summed E-state index contributed by atoms with van der Waals surface area (Å²) < 4.78 is 16.9. The number of likely N-dealkylation sites (tertiary alicyclic amines) is 1. The van der Waals surface area contributed by atoms with Gasteiger partial charge in [-0.1, -0.05) is 13.0 Å². The summed E-state index contributed by atoms with van der Waals surface area (Å²) in [5, 5.41) is 0. The molecular weight excluding hydrogens is 294 g/mol. The van der Waals surface area contributed by atoms with E-state index in [-0.39, 0.29) is 12.0 Å². The van der Waals surface area contributed by atoms with Crippen LogP contribution in [0.5, 0.6) is 17.2 Å². The Morgan fingerprint density at radius 1 is 1.13 bits per heavy atom. The Kier molecular flexibility index (Phi) is 4.64. The Hall–Kier alpha value is -1.91. The number of para-hydroxylation sites is 1. The molecule has 2 atom stereocenters. The number of rotatable bonds is 5. The van der Waals surface area contributed by atoms with Crippen molar-refractivity contribution < 1.29 is 19.0 Å². The third-order valence-corrected chi connectivity index (χ3v) is 4.85. The van der Waals surface area contributed by atoms with Crippen LogP contribution < -0.4 is 14.2 Å². The third-order valence-electron chi connectivity index (χ3n) is 4.85. The Morgan fingerprint density at radius 2 is 1.70 bits per heavy atom. The second-order valence-corrected chi connectivity index (χ2v) is 6.45. The molecule has 23 heavy (non-hydrogen) atoms. The van der Waals surface area contributed by atoms with E-state index in [2.05, 4.69) is 6.92 Å². The smallest absolute Gasteiger partial charge is 0.225 e. The van der Waals surface area contributed by atoms with Gasteiger partial charge in [-0.15, -0.1) is 0 Å². The molecule has 1 aliphatic heterocycles. The monoisotopic (exact) mass is 319 g/mol. The number of hydrogen-bond acceptors (Lipinski definition) is 4. The Morgan fingerprint density at radius 3 is 2.17 bits per heavy atom. The molecule has 1 aromatic carbocycles. The highest BCUT2D eigenvalue weighted by Gasteiger charge is 2.42. The normalized spacial score (nSPS) is 24.2. The van der Waals surface area contributed by atoms with Gasteiger partial charge in [0, 0.05) is 31.8 Å². The van der Waals surface area contributed by atoms with Crippen LogP contribution >= 0.6 is 0 Å². The third kappa shape index (κ3) is 3.38. The zero-order chi connectivity index (χ0) is 16.4. The molecule has 2 fully saturated rings. The van der Waals surface area contributed by atoms with Gasteiger partial charge in [-0.2, -0.15) is 0 Å². The number of carbonyl (C=O) groups excluding carboxylic acids is 1. The summed E-state index contributed by atoms with van der Waals surface area (Å²) in [5.41, 5.74) is 0. The average Bonchev–Trinajstić information content (AvgIpc) is 3.32. The van der Waals surface area contributed by atoms with Crippen molar-refractivity contribution in [3.05, 3.63) is 18.2 Å². The second-order valence-electron chi connectivity index (χ2n) is 6.45. The van der Waals surface area contributed by atoms with Gasteiger partial charge >= 0.3 is 0 Å². The van der Waals surface area contributed by atoms with E-state index in [1.165, 1.54) is 0 Å². The summed E-state index contributed by atoms with van der Waals surface area (Å²) in [6.45, 7) is 3.68. The van der Waals surface area contributed by atoms with E-state index in [1.807, 2.05) is 23.1 Å². The number of methoxy groups -OCH3 is 2. The highest BCUT2D eigenvalue weighted by atomic mass is 16.5. The maximum Gasteiger partial charge on any atom is 0.225 e. The molecular formula is C18H25NO4. The number of carbonyl (C=O) groups is 1. The molecule has 1 heterocycles.